The van der Waals surface area contributed by atoms with Crippen molar-refractivity contribution in [2.45, 2.75) is 31.9 Å². The Morgan fingerprint density at radius 1 is 1.56 bits per heavy atom. The van der Waals surface area contributed by atoms with Gasteiger partial charge in [0, 0.05) is 13.0 Å². The Kier molecular flexibility index (Phi) is 3.58. The van der Waals surface area contributed by atoms with Crippen LogP contribution < -0.4 is 0 Å². The number of nitrogens with zero attached hydrogens (tertiary/aromatic N) is 3. The molecule has 2 rings (SSSR count). The topological polar surface area (TPSA) is 104 Å². The van der Waals surface area contributed by atoms with E-state index in [1.54, 1.807) is 0 Å². The number of hydrogen-bond donors (Lipinski definition) is 2. The third-order valence-corrected chi connectivity index (χ3v) is 3.67. The zero-order chi connectivity index (χ0) is 13.3. The highest BCUT2D eigenvalue weighted by molar-refractivity contribution is 7.08. The van der Waals surface area contributed by atoms with E-state index in [1.807, 2.05) is 6.92 Å². The predicted octanol–water partition coefficient (Wildman–Crippen LogP) is -0.240. The largest absolute Gasteiger partial charge is 0.480 e. The number of carboxylic acid groups (broad SMARTS) is 1. The van der Waals surface area contributed by atoms with E-state index in [1.165, 1.54) is 4.90 Å². The van der Waals surface area contributed by atoms with Crippen LogP contribution in [0.2, 0.25) is 0 Å². The lowest BCUT2D eigenvalue weighted by molar-refractivity contribution is -0.141. The first-order chi connectivity index (χ1) is 8.54. The second kappa shape index (κ2) is 4.99. The van der Waals surface area contributed by atoms with Gasteiger partial charge in [-0.1, -0.05) is 11.4 Å². The number of aromatic nitrogens is 2. The Bertz CT molecular complexity index is 475. The quantitative estimate of drug-likeness (QED) is 0.786. The van der Waals surface area contributed by atoms with Crippen molar-refractivity contribution in [2.75, 3.05) is 6.54 Å². The van der Waals surface area contributed by atoms with E-state index < -0.39 is 24.0 Å². The second-order valence-corrected chi connectivity index (χ2v) is 4.86. The van der Waals surface area contributed by atoms with Crippen molar-refractivity contribution in [3.8, 4) is 0 Å². The molecule has 2 heterocycles. The third kappa shape index (κ3) is 2.21. The highest BCUT2D eigenvalue weighted by Gasteiger charge is 2.40. The fourth-order valence-corrected chi connectivity index (χ4v) is 2.71. The molecule has 0 aromatic carbocycles. The van der Waals surface area contributed by atoms with Crippen LogP contribution in [0.5, 0.6) is 0 Å². The monoisotopic (exact) mass is 271 g/mol. The minimum Gasteiger partial charge on any atom is -0.480 e. The van der Waals surface area contributed by atoms with E-state index in [-0.39, 0.29) is 13.0 Å². The number of aliphatic hydroxyl groups excluding tert-OH is 1. The number of carbonyl (C=O) groups is 2. The molecule has 0 radical (unpaired) electrons. The molecular weight excluding hydrogens is 258 g/mol. The number of carbonyl (C=O) groups excluding carboxylic acids is 1. The van der Waals surface area contributed by atoms with E-state index in [2.05, 4.69) is 9.59 Å². The van der Waals surface area contributed by atoms with Gasteiger partial charge in [0.15, 0.2) is 0 Å². The van der Waals surface area contributed by atoms with Crippen molar-refractivity contribution in [3.63, 3.8) is 0 Å². The molecule has 1 aromatic rings. The van der Waals surface area contributed by atoms with E-state index in [0.29, 0.717) is 17.0 Å². The second-order valence-electron chi connectivity index (χ2n) is 4.10. The van der Waals surface area contributed by atoms with E-state index >= 15 is 0 Å². The highest BCUT2D eigenvalue weighted by atomic mass is 32.1. The Labute approximate surface area is 107 Å². The molecule has 1 aliphatic rings. The summed E-state index contributed by atoms with van der Waals surface area (Å²) in [5.41, 5.74) is 0.565. The molecule has 1 saturated heterocycles. The maximum atomic E-state index is 12.2. The Morgan fingerprint density at radius 2 is 2.28 bits per heavy atom. The molecule has 1 aromatic heterocycles. The Hall–Kier alpha value is -1.54. The molecule has 0 aliphatic carbocycles. The summed E-state index contributed by atoms with van der Waals surface area (Å²) in [6.07, 6.45) is -0.165. The van der Waals surface area contributed by atoms with Gasteiger partial charge in [0.1, 0.15) is 10.9 Å². The summed E-state index contributed by atoms with van der Waals surface area (Å²) < 4.78 is 3.71. The lowest BCUT2D eigenvalue weighted by atomic mass is 10.2. The van der Waals surface area contributed by atoms with E-state index in [0.717, 1.165) is 11.5 Å². The molecule has 1 aliphatic heterocycles. The standard InChI is InChI=1S/C10H13N3O4S/c1-2-6-8(18-12-11-6)9(15)13-4-5(14)3-7(13)10(16)17/h5,7,14H,2-4H2,1H3,(H,16,17)/t5-,7-/m0/s1. The molecular formula is C10H13N3O4S. The molecule has 0 spiro atoms. The molecule has 8 heteroatoms. The molecule has 0 bridgehead atoms. The van der Waals surface area contributed by atoms with Crippen molar-refractivity contribution < 1.29 is 19.8 Å². The summed E-state index contributed by atoms with van der Waals surface area (Å²) in [5, 5.41) is 22.4. The summed E-state index contributed by atoms with van der Waals surface area (Å²) in [5.74, 6) is -1.51. The van der Waals surface area contributed by atoms with E-state index in [9.17, 15) is 14.7 Å². The zero-order valence-electron chi connectivity index (χ0n) is 9.74. The van der Waals surface area contributed by atoms with Gasteiger partial charge in [-0.25, -0.2) is 4.79 Å². The molecule has 98 valence electrons. The smallest absolute Gasteiger partial charge is 0.326 e. The summed E-state index contributed by atoms with van der Waals surface area (Å²) in [6.45, 7) is 1.89. The average Bonchev–Trinajstić information content (AvgIpc) is 2.93. The van der Waals surface area contributed by atoms with Gasteiger partial charge in [-0.15, -0.1) is 5.10 Å². The van der Waals surface area contributed by atoms with Crippen LogP contribution >= 0.6 is 11.5 Å². The van der Waals surface area contributed by atoms with Crippen molar-refractivity contribution in [2.24, 2.45) is 0 Å². The van der Waals surface area contributed by atoms with Crippen LogP contribution in [0.25, 0.3) is 0 Å². The summed E-state index contributed by atoms with van der Waals surface area (Å²) in [6, 6.07) is -0.973. The maximum absolute atomic E-state index is 12.2. The van der Waals surface area contributed by atoms with Gasteiger partial charge in [-0.3, -0.25) is 4.79 Å². The zero-order valence-corrected chi connectivity index (χ0v) is 10.6. The van der Waals surface area contributed by atoms with Gasteiger partial charge in [0.2, 0.25) is 0 Å². The average molecular weight is 271 g/mol. The number of aryl methyl sites for hydroxylation is 1. The molecule has 2 atom stereocenters. The number of hydrogen-bond acceptors (Lipinski definition) is 6. The lowest BCUT2D eigenvalue weighted by Crippen LogP contribution is -2.40. The third-order valence-electron chi connectivity index (χ3n) is 2.91. The van der Waals surface area contributed by atoms with Crippen LogP contribution in [0.3, 0.4) is 0 Å². The predicted molar refractivity (Wildman–Crippen MR) is 62.4 cm³/mol. The van der Waals surface area contributed by atoms with Crippen LogP contribution in [-0.2, 0) is 11.2 Å². The maximum Gasteiger partial charge on any atom is 0.326 e. The van der Waals surface area contributed by atoms with Crippen molar-refractivity contribution in [1.82, 2.24) is 14.5 Å². The van der Waals surface area contributed by atoms with Gasteiger partial charge in [-0.2, -0.15) is 0 Å². The first kappa shape index (κ1) is 12.9. The van der Waals surface area contributed by atoms with Crippen LogP contribution in [0.15, 0.2) is 0 Å². The fraction of sp³-hybridized carbons (Fsp3) is 0.600. The number of carboxylic acids is 1. The molecule has 18 heavy (non-hydrogen) atoms. The first-order valence-electron chi connectivity index (χ1n) is 5.57. The van der Waals surface area contributed by atoms with Gasteiger partial charge < -0.3 is 15.1 Å². The van der Waals surface area contributed by atoms with Crippen LogP contribution in [0, 0.1) is 0 Å². The highest BCUT2D eigenvalue weighted by Crippen LogP contribution is 2.23. The van der Waals surface area contributed by atoms with Gasteiger partial charge in [-0.05, 0) is 18.0 Å². The number of β-amino-alcohol motifs (C(OH)–C–C–N with tert-alkyl or cyclic N) is 1. The molecule has 1 amide bonds. The van der Waals surface area contributed by atoms with Crippen LogP contribution in [-0.4, -0.2) is 55.3 Å². The Morgan fingerprint density at radius 3 is 2.89 bits per heavy atom. The molecule has 7 nitrogen and oxygen atoms in total. The number of amides is 1. The van der Waals surface area contributed by atoms with E-state index in [4.69, 9.17) is 5.11 Å². The Balaban J connectivity index is 2.25. The van der Waals surface area contributed by atoms with Crippen LogP contribution in [0.4, 0.5) is 0 Å². The first-order valence-corrected chi connectivity index (χ1v) is 6.35. The van der Waals surface area contributed by atoms with Gasteiger partial charge in [0.05, 0.1) is 11.8 Å². The SMILES string of the molecule is CCc1nnsc1C(=O)N1C[C@@H](O)C[C@H]1C(=O)O. The van der Waals surface area contributed by atoms with Gasteiger partial charge >= 0.3 is 5.97 Å². The molecule has 0 saturated carbocycles. The number of likely N-dealkylation sites (tertiary alicyclic amines) is 1. The number of aliphatic hydroxyl groups is 1. The van der Waals surface area contributed by atoms with Gasteiger partial charge in [0.25, 0.3) is 5.91 Å². The van der Waals surface area contributed by atoms with Crippen molar-refractivity contribution in [1.29, 1.82) is 0 Å². The fourth-order valence-electron chi connectivity index (χ4n) is 2.01. The summed E-state index contributed by atoms with van der Waals surface area (Å²) in [4.78, 5) is 24.8. The molecule has 1 fully saturated rings. The molecule has 2 N–H and O–H groups in total. The number of rotatable bonds is 3. The number of aliphatic carboxylic acids is 1. The molecule has 0 unspecified atom stereocenters. The summed E-state index contributed by atoms with van der Waals surface area (Å²) in [7, 11) is 0. The van der Waals surface area contributed by atoms with Crippen molar-refractivity contribution >= 4 is 23.4 Å². The van der Waals surface area contributed by atoms with Crippen molar-refractivity contribution in [3.05, 3.63) is 10.6 Å². The normalized spacial score (nSPS) is 23.3. The lowest BCUT2D eigenvalue weighted by Gasteiger charge is -2.20. The minimum atomic E-state index is -1.10. The minimum absolute atomic E-state index is 0.0385. The van der Waals surface area contributed by atoms with Crippen LogP contribution in [0.1, 0.15) is 28.7 Å². The summed E-state index contributed by atoms with van der Waals surface area (Å²) >= 11 is 0.957.